The van der Waals surface area contributed by atoms with Gasteiger partial charge in [-0.1, -0.05) is 30.3 Å². The van der Waals surface area contributed by atoms with Crippen molar-refractivity contribution < 1.29 is 14.9 Å². The van der Waals surface area contributed by atoms with Gasteiger partial charge in [-0.25, -0.2) is 15.0 Å². The topological polar surface area (TPSA) is 157 Å². The molecule has 2 fully saturated rings. The maximum Gasteiger partial charge on any atom is 0.191 e. The summed E-state index contributed by atoms with van der Waals surface area (Å²) < 4.78 is 7.98. The molecular weight excluding hydrogens is 446 g/mol. The highest BCUT2D eigenvalue weighted by molar-refractivity contribution is 6.02. The number of aromatic nitrogens is 3. The summed E-state index contributed by atoms with van der Waals surface area (Å²) in [5.74, 6) is 0.586. The molecule has 178 valence electrons. The zero-order chi connectivity index (χ0) is 24.2. The molecule has 35 heavy (non-hydrogen) atoms. The number of nitrogens with two attached hydrogens (primary N) is 2. The Hall–Kier alpha value is -3.99. The fraction of sp³-hybridized carbons (Fsp3) is 0.240. The van der Waals surface area contributed by atoms with E-state index in [-0.39, 0.29) is 5.96 Å². The third kappa shape index (κ3) is 3.68. The molecule has 2 aromatic heterocycles. The van der Waals surface area contributed by atoms with Crippen LogP contribution in [0.4, 0.5) is 17.2 Å². The number of fused-ring (bicyclic) bond motifs is 1. The van der Waals surface area contributed by atoms with Crippen LogP contribution >= 0.6 is 0 Å². The van der Waals surface area contributed by atoms with Crippen LogP contribution in [0.5, 0.6) is 0 Å². The van der Waals surface area contributed by atoms with Crippen molar-refractivity contribution >= 4 is 34.2 Å². The molecule has 3 atom stereocenters. The molecule has 0 radical (unpaired) electrons. The smallest absolute Gasteiger partial charge is 0.191 e. The number of ether oxygens (including phenoxy) is 1. The van der Waals surface area contributed by atoms with E-state index in [1.165, 1.54) is 6.33 Å². The molecule has 1 spiro atoms. The van der Waals surface area contributed by atoms with Gasteiger partial charge in [0.25, 0.3) is 0 Å². The second-order valence-electron chi connectivity index (χ2n) is 8.95. The molecule has 0 unspecified atom stereocenters. The minimum atomic E-state index is -1.06. The molecule has 1 saturated heterocycles. The Morgan fingerprint density at radius 2 is 1.80 bits per heavy atom. The van der Waals surface area contributed by atoms with Gasteiger partial charge in [-0.05, 0) is 42.7 Å². The van der Waals surface area contributed by atoms with E-state index in [2.05, 4.69) is 20.3 Å². The first-order valence-corrected chi connectivity index (χ1v) is 11.4. The van der Waals surface area contributed by atoms with E-state index in [9.17, 15) is 10.2 Å². The lowest BCUT2D eigenvalue weighted by Gasteiger charge is -2.17. The maximum absolute atomic E-state index is 10.8. The van der Waals surface area contributed by atoms with Crippen molar-refractivity contribution in [3.8, 4) is 11.1 Å². The van der Waals surface area contributed by atoms with E-state index in [1.54, 1.807) is 16.7 Å². The van der Waals surface area contributed by atoms with Crippen LogP contribution < -0.4 is 16.8 Å². The first-order valence-electron chi connectivity index (χ1n) is 11.4. The second-order valence-corrected chi connectivity index (χ2v) is 8.95. The van der Waals surface area contributed by atoms with Crippen LogP contribution in [0.25, 0.3) is 22.2 Å². The zero-order valence-electron chi connectivity index (χ0n) is 18.7. The van der Waals surface area contributed by atoms with Crippen LogP contribution in [-0.2, 0) is 4.74 Å². The van der Waals surface area contributed by atoms with Crippen molar-refractivity contribution in [3.05, 3.63) is 67.1 Å². The summed E-state index contributed by atoms with van der Waals surface area (Å²) in [4.78, 5) is 13.1. The van der Waals surface area contributed by atoms with E-state index in [0.29, 0.717) is 17.2 Å². The first-order chi connectivity index (χ1) is 16.9. The molecule has 0 amide bonds. The van der Waals surface area contributed by atoms with Crippen LogP contribution in [-0.4, -0.2) is 48.5 Å². The Balaban J connectivity index is 1.46. The Morgan fingerprint density at radius 1 is 1.06 bits per heavy atom. The maximum atomic E-state index is 10.8. The molecular formula is C25H25N7O3. The molecule has 1 saturated carbocycles. The van der Waals surface area contributed by atoms with E-state index in [1.807, 2.05) is 48.7 Å². The predicted molar refractivity (Wildman–Crippen MR) is 132 cm³/mol. The number of aliphatic hydroxyl groups excluding tert-OH is 2. The van der Waals surface area contributed by atoms with Crippen LogP contribution in [0.15, 0.2) is 72.1 Å². The highest BCUT2D eigenvalue weighted by atomic mass is 16.6. The molecule has 7 N–H and O–H groups in total. The quantitative estimate of drug-likeness (QED) is 0.219. The normalized spacial score (nSPS) is 22.4. The molecule has 1 aliphatic heterocycles. The van der Waals surface area contributed by atoms with Gasteiger partial charge in [-0.2, -0.15) is 0 Å². The summed E-state index contributed by atoms with van der Waals surface area (Å²) in [5, 5.41) is 25.6. The number of nitrogens with one attached hydrogen (secondary N) is 1. The summed E-state index contributed by atoms with van der Waals surface area (Å²) in [6.07, 6.45) is 2.07. The fourth-order valence-electron chi connectivity index (χ4n) is 4.72. The third-order valence-corrected chi connectivity index (χ3v) is 6.61. The van der Waals surface area contributed by atoms with Gasteiger partial charge in [0.1, 0.15) is 30.0 Å². The lowest BCUT2D eigenvalue weighted by Crippen LogP contribution is -2.32. The molecule has 2 aliphatic rings. The summed E-state index contributed by atoms with van der Waals surface area (Å²) in [6.45, 7) is 0. The van der Waals surface area contributed by atoms with Gasteiger partial charge in [0, 0.05) is 17.4 Å². The zero-order valence-corrected chi connectivity index (χ0v) is 18.7. The summed E-state index contributed by atoms with van der Waals surface area (Å²) in [7, 11) is 0. The molecule has 4 aromatic rings. The van der Waals surface area contributed by atoms with Crippen LogP contribution in [0, 0.1) is 0 Å². The number of guanidine groups is 1. The van der Waals surface area contributed by atoms with Gasteiger partial charge in [-0.3, -0.25) is 0 Å². The van der Waals surface area contributed by atoms with Crippen molar-refractivity contribution in [3.63, 3.8) is 0 Å². The number of aliphatic hydroxyl groups is 2. The average molecular weight is 472 g/mol. The SMILES string of the molecule is NC(N)=Nc1ccc(Nc2ncnc3c2c(-c2ccccc2)cn3[C@@H]2OC3(CC3)[C@@H](O)[C@H]2O)cc1. The predicted octanol–water partition coefficient (Wildman–Crippen LogP) is 2.53. The lowest BCUT2D eigenvalue weighted by molar-refractivity contribution is -0.0456. The highest BCUT2D eigenvalue weighted by Crippen LogP contribution is 2.53. The average Bonchev–Trinajstić information content (AvgIpc) is 3.49. The van der Waals surface area contributed by atoms with E-state index in [0.717, 1.165) is 35.0 Å². The number of nitrogens with zero attached hydrogens (tertiary/aromatic N) is 4. The minimum absolute atomic E-state index is 0.00789. The number of anilines is 2. The van der Waals surface area contributed by atoms with Gasteiger partial charge in [0.05, 0.1) is 16.7 Å². The first kappa shape index (κ1) is 21.5. The number of benzene rings is 2. The summed E-state index contributed by atoms with van der Waals surface area (Å²) in [5.41, 5.74) is 14.1. The molecule has 10 nitrogen and oxygen atoms in total. The largest absolute Gasteiger partial charge is 0.387 e. The molecule has 2 aromatic carbocycles. The van der Waals surface area contributed by atoms with Gasteiger partial charge >= 0.3 is 0 Å². The van der Waals surface area contributed by atoms with E-state index >= 15 is 0 Å². The minimum Gasteiger partial charge on any atom is -0.387 e. The summed E-state index contributed by atoms with van der Waals surface area (Å²) >= 11 is 0. The van der Waals surface area contributed by atoms with E-state index < -0.39 is 24.0 Å². The van der Waals surface area contributed by atoms with Crippen molar-refractivity contribution in [2.24, 2.45) is 16.5 Å². The highest BCUT2D eigenvalue weighted by Gasteiger charge is 2.62. The fourth-order valence-corrected chi connectivity index (χ4v) is 4.72. The molecule has 10 heteroatoms. The number of rotatable bonds is 5. The Morgan fingerprint density at radius 3 is 2.46 bits per heavy atom. The molecule has 0 bridgehead atoms. The van der Waals surface area contributed by atoms with Crippen molar-refractivity contribution in [2.75, 3.05) is 5.32 Å². The number of aliphatic imine (C=N–C) groups is 1. The van der Waals surface area contributed by atoms with Gasteiger partial charge < -0.3 is 36.3 Å². The van der Waals surface area contributed by atoms with Crippen molar-refractivity contribution in [1.82, 2.24) is 14.5 Å². The van der Waals surface area contributed by atoms with Crippen LogP contribution in [0.3, 0.4) is 0 Å². The van der Waals surface area contributed by atoms with Crippen molar-refractivity contribution in [1.29, 1.82) is 0 Å². The van der Waals surface area contributed by atoms with Gasteiger partial charge in [-0.15, -0.1) is 0 Å². The van der Waals surface area contributed by atoms with Crippen LogP contribution in [0.2, 0.25) is 0 Å². The number of hydrogen-bond donors (Lipinski definition) is 5. The Labute approximate surface area is 200 Å². The standard InChI is InChI=1S/C25H25N7O3/c26-24(27)31-16-8-6-15(7-9-16)30-21-18-17(14-4-2-1-3-5-14)12-32(22(18)29-13-28-21)23-19(33)20(34)25(35-23)10-11-25/h1-9,12-13,19-20,23,33-34H,10-11H2,(H4,26,27,31)(H,28,29,30)/t19-,20+,23-/m1/s1. The molecule has 3 heterocycles. The van der Waals surface area contributed by atoms with Gasteiger partial charge in [0.15, 0.2) is 12.2 Å². The van der Waals surface area contributed by atoms with Crippen LogP contribution in [0.1, 0.15) is 19.1 Å². The second kappa shape index (κ2) is 8.05. The van der Waals surface area contributed by atoms with E-state index in [4.69, 9.17) is 16.2 Å². The lowest BCUT2D eigenvalue weighted by atomic mass is 10.1. The Bertz CT molecular complexity index is 1410. The summed E-state index contributed by atoms with van der Waals surface area (Å²) in [6, 6.07) is 17.2. The Kier molecular flexibility index (Phi) is 4.95. The van der Waals surface area contributed by atoms with Crippen molar-refractivity contribution in [2.45, 2.75) is 36.9 Å². The third-order valence-electron chi connectivity index (χ3n) is 6.61. The number of hydrogen-bond acceptors (Lipinski definition) is 7. The monoisotopic (exact) mass is 471 g/mol. The van der Waals surface area contributed by atoms with Gasteiger partial charge in [0.2, 0.25) is 0 Å². The molecule has 6 rings (SSSR count). The molecule has 1 aliphatic carbocycles.